The summed E-state index contributed by atoms with van der Waals surface area (Å²) >= 11 is 1.42. The molecule has 0 saturated heterocycles. The molecule has 1 heterocycles. The Kier molecular flexibility index (Phi) is 4.84. The van der Waals surface area contributed by atoms with Gasteiger partial charge in [-0.15, -0.1) is 11.3 Å². The molecular weight excluding hydrogens is 275 g/mol. The minimum absolute atomic E-state index is 0.0320. The van der Waals surface area contributed by atoms with E-state index in [0.717, 1.165) is 22.7 Å². The van der Waals surface area contributed by atoms with Crippen LogP contribution >= 0.6 is 11.3 Å². The van der Waals surface area contributed by atoms with Gasteiger partial charge in [-0.3, -0.25) is 4.79 Å². The first-order valence-electron chi connectivity index (χ1n) is 6.58. The predicted molar refractivity (Wildman–Crippen MR) is 79.1 cm³/mol. The minimum atomic E-state index is -0.284. The molecule has 20 heavy (non-hydrogen) atoms. The molecule has 0 fully saturated rings. The molecule has 1 aromatic carbocycles. The van der Waals surface area contributed by atoms with Crippen LogP contribution < -0.4 is 5.32 Å². The number of carbonyl (C=O) groups is 1. The number of halogens is 1. The van der Waals surface area contributed by atoms with E-state index in [-0.39, 0.29) is 24.2 Å². The minimum Gasteiger partial charge on any atom is -0.353 e. The van der Waals surface area contributed by atoms with E-state index in [9.17, 15) is 9.18 Å². The Labute approximate surface area is 121 Å². The summed E-state index contributed by atoms with van der Waals surface area (Å²) in [7, 11) is 0. The summed E-state index contributed by atoms with van der Waals surface area (Å²) < 4.78 is 13.2. The monoisotopic (exact) mass is 292 g/mol. The lowest BCUT2D eigenvalue weighted by Gasteiger charge is -2.10. The standard InChI is InChI=1S/C15H17FN2OS/c1-3-10(2)17-14(19)8-13-9-20-15(18-13)11-5-4-6-12(16)7-11/h4-7,9-10H,3,8H2,1-2H3,(H,17,19). The SMILES string of the molecule is CCC(C)NC(=O)Cc1csc(-c2cccc(F)c2)n1. The largest absolute Gasteiger partial charge is 0.353 e. The zero-order valence-corrected chi connectivity index (χ0v) is 12.3. The Bertz CT molecular complexity index is 597. The molecule has 2 aromatic rings. The van der Waals surface area contributed by atoms with Gasteiger partial charge in [-0.05, 0) is 25.5 Å². The van der Waals surface area contributed by atoms with Crippen LogP contribution in [0.4, 0.5) is 4.39 Å². The van der Waals surface area contributed by atoms with Crippen molar-refractivity contribution in [3.8, 4) is 10.6 Å². The van der Waals surface area contributed by atoms with Crippen molar-refractivity contribution in [1.29, 1.82) is 0 Å². The van der Waals surface area contributed by atoms with Crippen molar-refractivity contribution in [2.24, 2.45) is 0 Å². The average Bonchev–Trinajstić information content (AvgIpc) is 2.87. The lowest BCUT2D eigenvalue weighted by atomic mass is 10.2. The third-order valence-corrected chi connectivity index (χ3v) is 3.92. The molecule has 1 amide bonds. The van der Waals surface area contributed by atoms with E-state index in [1.54, 1.807) is 6.07 Å². The maximum atomic E-state index is 13.2. The van der Waals surface area contributed by atoms with Crippen molar-refractivity contribution in [2.45, 2.75) is 32.7 Å². The van der Waals surface area contributed by atoms with Gasteiger partial charge in [0.15, 0.2) is 0 Å². The maximum Gasteiger partial charge on any atom is 0.226 e. The quantitative estimate of drug-likeness (QED) is 0.917. The van der Waals surface area contributed by atoms with Gasteiger partial charge in [-0.2, -0.15) is 0 Å². The zero-order valence-electron chi connectivity index (χ0n) is 11.5. The second kappa shape index (κ2) is 6.61. The summed E-state index contributed by atoms with van der Waals surface area (Å²) in [6.45, 7) is 3.99. The summed E-state index contributed by atoms with van der Waals surface area (Å²) in [5, 5.41) is 5.48. The molecule has 1 unspecified atom stereocenters. The van der Waals surface area contributed by atoms with Gasteiger partial charge in [0.25, 0.3) is 0 Å². The molecule has 0 radical (unpaired) electrons. The molecule has 0 aliphatic heterocycles. The Balaban J connectivity index is 2.04. The lowest BCUT2D eigenvalue weighted by molar-refractivity contribution is -0.121. The van der Waals surface area contributed by atoms with Crippen molar-refractivity contribution in [1.82, 2.24) is 10.3 Å². The van der Waals surface area contributed by atoms with Gasteiger partial charge in [0.2, 0.25) is 5.91 Å². The van der Waals surface area contributed by atoms with Crippen LogP contribution in [0.25, 0.3) is 10.6 Å². The molecule has 0 spiro atoms. The second-order valence-electron chi connectivity index (χ2n) is 4.71. The molecular formula is C15H17FN2OS. The number of aromatic nitrogens is 1. The fourth-order valence-corrected chi connectivity index (χ4v) is 2.55. The summed E-state index contributed by atoms with van der Waals surface area (Å²) in [5.41, 5.74) is 1.46. The number of rotatable bonds is 5. The average molecular weight is 292 g/mol. The van der Waals surface area contributed by atoms with Crippen LogP contribution in [0, 0.1) is 5.82 Å². The van der Waals surface area contributed by atoms with E-state index in [1.165, 1.54) is 23.5 Å². The van der Waals surface area contributed by atoms with E-state index in [2.05, 4.69) is 10.3 Å². The normalized spacial score (nSPS) is 12.2. The Morgan fingerprint density at radius 3 is 3.00 bits per heavy atom. The van der Waals surface area contributed by atoms with Crippen molar-refractivity contribution < 1.29 is 9.18 Å². The first kappa shape index (κ1) is 14.7. The Morgan fingerprint density at radius 2 is 2.30 bits per heavy atom. The first-order chi connectivity index (χ1) is 9.58. The molecule has 0 bridgehead atoms. The molecule has 0 saturated carbocycles. The van der Waals surface area contributed by atoms with Crippen LogP contribution in [-0.4, -0.2) is 16.9 Å². The number of thiazole rings is 1. The van der Waals surface area contributed by atoms with Gasteiger partial charge in [0.1, 0.15) is 10.8 Å². The summed E-state index contributed by atoms with van der Waals surface area (Å²) in [6, 6.07) is 6.48. The number of hydrogen-bond acceptors (Lipinski definition) is 3. The smallest absolute Gasteiger partial charge is 0.226 e. The van der Waals surface area contributed by atoms with Crippen molar-refractivity contribution in [3.63, 3.8) is 0 Å². The molecule has 106 valence electrons. The van der Waals surface area contributed by atoms with Gasteiger partial charge < -0.3 is 5.32 Å². The van der Waals surface area contributed by atoms with E-state index in [0.29, 0.717) is 0 Å². The number of carbonyl (C=O) groups excluding carboxylic acids is 1. The Hall–Kier alpha value is -1.75. The third kappa shape index (κ3) is 3.87. The molecule has 1 atom stereocenters. The second-order valence-corrected chi connectivity index (χ2v) is 5.57. The number of amides is 1. The summed E-state index contributed by atoms with van der Waals surface area (Å²) in [6.07, 6.45) is 1.16. The van der Waals surface area contributed by atoms with Crippen molar-refractivity contribution in [2.75, 3.05) is 0 Å². The third-order valence-electron chi connectivity index (χ3n) is 2.98. The van der Waals surface area contributed by atoms with Crippen LogP contribution in [0.5, 0.6) is 0 Å². The van der Waals surface area contributed by atoms with Crippen LogP contribution in [0.1, 0.15) is 26.0 Å². The van der Waals surface area contributed by atoms with E-state index >= 15 is 0 Å². The first-order valence-corrected chi connectivity index (χ1v) is 7.46. The highest BCUT2D eigenvalue weighted by Crippen LogP contribution is 2.24. The highest BCUT2D eigenvalue weighted by molar-refractivity contribution is 7.13. The van der Waals surface area contributed by atoms with Crippen molar-refractivity contribution >= 4 is 17.2 Å². The molecule has 1 aromatic heterocycles. The highest BCUT2D eigenvalue weighted by Gasteiger charge is 2.10. The van der Waals surface area contributed by atoms with Crippen LogP contribution in [0.3, 0.4) is 0 Å². The molecule has 1 N–H and O–H groups in total. The number of nitrogens with one attached hydrogen (secondary N) is 1. The molecule has 0 aliphatic carbocycles. The maximum absolute atomic E-state index is 13.2. The van der Waals surface area contributed by atoms with E-state index in [1.807, 2.05) is 25.3 Å². The highest BCUT2D eigenvalue weighted by atomic mass is 32.1. The molecule has 2 rings (SSSR count). The van der Waals surface area contributed by atoms with Crippen LogP contribution in [0.15, 0.2) is 29.6 Å². The summed E-state index contributed by atoms with van der Waals surface area (Å²) in [5.74, 6) is -0.316. The van der Waals surface area contributed by atoms with Crippen LogP contribution in [0.2, 0.25) is 0 Å². The number of hydrogen-bond donors (Lipinski definition) is 1. The van der Waals surface area contributed by atoms with Gasteiger partial charge in [-0.1, -0.05) is 19.1 Å². The number of benzene rings is 1. The van der Waals surface area contributed by atoms with Gasteiger partial charge in [-0.25, -0.2) is 9.37 Å². The fourth-order valence-electron chi connectivity index (χ4n) is 1.73. The zero-order chi connectivity index (χ0) is 14.5. The predicted octanol–water partition coefficient (Wildman–Crippen LogP) is 3.41. The van der Waals surface area contributed by atoms with E-state index in [4.69, 9.17) is 0 Å². The van der Waals surface area contributed by atoms with Crippen LogP contribution in [-0.2, 0) is 11.2 Å². The molecule has 0 aliphatic rings. The van der Waals surface area contributed by atoms with Gasteiger partial charge in [0, 0.05) is 17.0 Å². The van der Waals surface area contributed by atoms with Gasteiger partial charge >= 0.3 is 0 Å². The molecule has 5 heteroatoms. The van der Waals surface area contributed by atoms with Gasteiger partial charge in [0.05, 0.1) is 12.1 Å². The van der Waals surface area contributed by atoms with E-state index < -0.39 is 0 Å². The molecule has 3 nitrogen and oxygen atoms in total. The topological polar surface area (TPSA) is 42.0 Å². The lowest BCUT2D eigenvalue weighted by Crippen LogP contribution is -2.33. The summed E-state index contributed by atoms with van der Waals surface area (Å²) in [4.78, 5) is 16.2. The van der Waals surface area contributed by atoms with Crippen molar-refractivity contribution in [3.05, 3.63) is 41.2 Å². The Morgan fingerprint density at radius 1 is 1.50 bits per heavy atom. The number of nitrogens with zero attached hydrogens (tertiary/aromatic N) is 1. The fraction of sp³-hybridized carbons (Fsp3) is 0.333.